The summed E-state index contributed by atoms with van der Waals surface area (Å²) in [5, 5.41) is 0. The van der Waals surface area contributed by atoms with Crippen molar-refractivity contribution in [1.82, 2.24) is 0 Å². The van der Waals surface area contributed by atoms with Crippen molar-refractivity contribution >= 4 is 6.29 Å². The predicted molar refractivity (Wildman–Crippen MR) is 72.2 cm³/mol. The number of benzene rings is 2. The largest absolute Gasteiger partial charge is 0.493 e. The van der Waals surface area contributed by atoms with Gasteiger partial charge in [-0.15, -0.1) is 0 Å². The number of carbonyl (C=O) groups is 1. The van der Waals surface area contributed by atoms with Crippen LogP contribution in [0.2, 0.25) is 0 Å². The van der Waals surface area contributed by atoms with E-state index in [9.17, 15) is 4.79 Å². The molecule has 2 rings (SSSR count). The monoisotopic (exact) mass is 240 g/mol. The van der Waals surface area contributed by atoms with Gasteiger partial charge in [-0.1, -0.05) is 42.0 Å². The Hall–Kier alpha value is -2.09. The molecule has 0 aliphatic rings. The van der Waals surface area contributed by atoms with Crippen LogP contribution in [-0.4, -0.2) is 12.9 Å². The SMILES string of the molecule is Cc1ccc(CCOc2cccc(C=O)c2)cc1. The number of aryl methyl sites for hydroxylation is 1. The number of carbonyl (C=O) groups excluding carboxylic acids is 1. The lowest BCUT2D eigenvalue weighted by Crippen LogP contribution is -2.01. The van der Waals surface area contributed by atoms with Crippen molar-refractivity contribution in [2.75, 3.05) is 6.61 Å². The average Bonchev–Trinajstić information content (AvgIpc) is 2.41. The standard InChI is InChI=1S/C16H16O2/c1-13-5-7-14(8-6-13)9-10-18-16-4-2-3-15(11-16)12-17/h2-8,11-12H,9-10H2,1H3. The summed E-state index contributed by atoms with van der Waals surface area (Å²) in [7, 11) is 0. The van der Waals surface area contributed by atoms with Crippen LogP contribution in [0.4, 0.5) is 0 Å². The highest BCUT2D eigenvalue weighted by Gasteiger charge is 1.97. The van der Waals surface area contributed by atoms with E-state index in [2.05, 4.69) is 31.2 Å². The maximum Gasteiger partial charge on any atom is 0.150 e. The fourth-order valence-corrected chi connectivity index (χ4v) is 1.72. The molecule has 2 aromatic carbocycles. The highest BCUT2D eigenvalue weighted by atomic mass is 16.5. The molecule has 0 saturated carbocycles. The van der Waals surface area contributed by atoms with Crippen LogP contribution in [0, 0.1) is 6.92 Å². The third-order valence-corrected chi connectivity index (χ3v) is 2.77. The van der Waals surface area contributed by atoms with Gasteiger partial charge in [-0.25, -0.2) is 0 Å². The Balaban J connectivity index is 1.88. The highest BCUT2D eigenvalue weighted by molar-refractivity contribution is 5.75. The molecular formula is C16H16O2. The van der Waals surface area contributed by atoms with Gasteiger partial charge in [0.1, 0.15) is 12.0 Å². The van der Waals surface area contributed by atoms with Gasteiger partial charge in [-0.3, -0.25) is 4.79 Å². The molecule has 0 radical (unpaired) electrons. The fraction of sp³-hybridized carbons (Fsp3) is 0.188. The maximum atomic E-state index is 10.6. The van der Waals surface area contributed by atoms with Gasteiger partial charge in [-0.2, -0.15) is 0 Å². The molecule has 0 heterocycles. The minimum atomic E-state index is 0.616. The lowest BCUT2D eigenvalue weighted by Gasteiger charge is -2.06. The first-order valence-electron chi connectivity index (χ1n) is 6.01. The zero-order valence-electron chi connectivity index (χ0n) is 10.4. The Labute approximate surface area is 107 Å². The van der Waals surface area contributed by atoms with Crippen molar-refractivity contribution in [1.29, 1.82) is 0 Å². The van der Waals surface area contributed by atoms with E-state index in [0.717, 1.165) is 18.5 Å². The zero-order chi connectivity index (χ0) is 12.8. The molecule has 92 valence electrons. The van der Waals surface area contributed by atoms with Crippen LogP contribution in [0.25, 0.3) is 0 Å². The third kappa shape index (κ3) is 3.45. The van der Waals surface area contributed by atoms with Crippen molar-refractivity contribution in [3.05, 3.63) is 65.2 Å². The predicted octanol–water partition coefficient (Wildman–Crippen LogP) is 3.43. The topological polar surface area (TPSA) is 26.3 Å². The van der Waals surface area contributed by atoms with E-state index in [0.29, 0.717) is 12.2 Å². The molecular weight excluding hydrogens is 224 g/mol. The van der Waals surface area contributed by atoms with Gasteiger partial charge in [0, 0.05) is 12.0 Å². The Morgan fingerprint density at radius 3 is 2.61 bits per heavy atom. The molecule has 2 heteroatoms. The first kappa shape index (κ1) is 12.4. The van der Waals surface area contributed by atoms with Crippen molar-refractivity contribution in [2.45, 2.75) is 13.3 Å². The van der Waals surface area contributed by atoms with E-state index in [4.69, 9.17) is 4.74 Å². The van der Waals surface area contributed by atoms with E-state index >= 15 is 0 Å². The average molecular weight is 240 g/mol. The summed E-state index contributed by atoms with van der Waals surface area (Å²) in [6.07, 6.45) is 1.69. The van der Waals surface area contributed by atoms with Crippen molar-refractivity contribution in [2.24, 2.45) is 0 Å². The fourth-order valence-electron chi connectivity index (χ4n) is 1.72. The Morgan fingerprint density at radius 1 is 1.11 bits per heavy atom. The van der Waals surface area contributed by atoms with E-state index in [-0.39, 0.29) is 0 Å². The summed E-state index contributed by atoms with van der Waals surface area (Å²) in [5.74, 6) is 0.742. The molecule has 0 fully saturated rings. The molecule has 0 unspecified atom stereocenters. The summed E-state index contributed by atoms with van der Waals surface area (Å²) < 4.78 is 5.62. The molecule has 0 aromatic heterocycles. The van der Waals surface area contributed by atoms with Crippen molar-refractivity contribution in [3.8, 4) is 5.75 Å². The summed E-state index contributed by atoms with van der Waals surface area (Å²) in [6, 6.07) is 15.6. The lowest BCUT2D eigenvalue weighted by atomic mass is 10.1. The van der Waals surface area contributed by atoms with E-state index in [1.165, 1.54) is 11.1 Å². The lowest BCUT2D eigenvalue weighted by molar-refractivity contribution is 0.112. The highest BCUT2D eigenvalue weighted by Crippen LogP contribution is 2.12. The van der Waals surface area contributed by atoms with E-state index < -0.39 is 0 Å². The van der Waals surface area contributed by atoms with Crippen molar-refractivity contribution in [3.63, 3.8) is 0 Å². The van der Waals surface area contributed by atoms with Crippen LogP contribution in [0.1, 0.15) is 21.5 Å². The van der Waals surface area contributed by atoms with Crippen LogP contribution < -0.4 is 4.74 Å². The normalized spacial score (nSPS) is 10.1. The molecule has 18 heavy (non-hydrogen) atoms. The Kier molecular flexibility index (Phi) is 4.13. The molecule has 0 amide bonds. The summed E-state index contributed by atoms with van der Waals surface area (Å²) in [6.45, 7) is 2.69. The first-order valence-corrected chi connectivity index (χ1v) is 6.01. The van der Waals surface area contributed by atoms with E-state index in [1.54, 1.807) is 12.1 Å². The van der Waals surface area contributed by atoms with Crippen molar-refractivity contribution < 1.29 is 9.53 Å². The number of rotatable bonds is 5. The van der Waals surface area contributed by atoms with Gasteiger partial charge in [0.05, 0.1) is 6.61 Å². The Morgan fingerprint density at radius 2 is 1.89 bits per heavy atom. The summed E-state index contributed by atoms with van der Waals surface area (Å²) in [4.78, 5) is 10.6. The number of aldehydes is 1. The Bertz CT molecular complexity index is 515. The summed E-state index contributed by atoms with van der Waals surface area (Å²) >= 11 is 0. The molecule has 0 bridgehead atoms. The molecule has 2 nitrogen and oxygen atoms in total. The van der Waals surface area contributed by atoms with Crippen LogP contribution in [0.5, 0.6) is 5.75 Å². The second kappa shape index (κ2) is 6.01. The van der Waals surface area contributed by atoms with Gasteiger partial charge >= 0.3 is 0 Å². The van der Waals surface area contributed by atoms with Crippen LogP contribution in [-0.2, 0) is 6.42 Å². The number of ether oxygens (including phenoxy) is 1. The molecule has 0 spiro atoms. The molecule has 0 N–H and O–H groups in total. The molecule has 0 atom stereocenters. The van der Waals surface area contributed by atoms with Gasteiger partial charge in [0.25, 0.3) is 0 Å². The second-order valence-electron chi connectivity index (χ2n) is 4.27. The van der Waals surface area contributed by atoms with Gasteiger partial charge in [0.2, 0.25) is 0 Å². The minimum Gasteiger partial charge on any atom is -0.493 e. The number of hydrogen-bond donors (Lipinski definition) is 0. The smallest absolute Gasteiger partial charge is 0.150 e. The molecule has 2 aromatic rings. The molecule has 0 aliphatic carbocycles. The summed E-state index contributed by atoms with van der Waals surface area (Å²) in [5.41, 5.74) is 3.16. The zero-order valence-corrected chi connectivity index (χ0v) is 10.4. The minimum absolute atomic E-state index is 0.616. The van der Waals surface area contributed by atoms with Gasteiger partial charge in [-0.05, 0) is 24.6 Å². The first-order chi connectivity index (χ1) is 8.78. The molecule has 0 saturated heterocycles. The maximum absolute atomic E-state index is 10.6. The molecule has 0 aliphatic heterocycles. The van der Waals surface area contributed by atoms with Crippen LogP contribution in [0.15, 0.2) is 48.5 Å². The van der Waals surface area contributed by atoms with E-state index in [1.807, 2.05) is 12.1 Å². The van der Waals surface area contributed by atoms with Crippen LogP contribution in [0.3, 0.4) is 0 Å². The number of hydrogen-bond acceptors (Lipinski definition) is 2. The van der Waals surface area contributed by atoms with Gasteiger partial charge < -0.3 is 4.74 Å². The third-order valence-electron chi connectivity index (χ3n) is 2.77. The second-order valence-corrected chi connectivity index (χ2v) is 4.27. The van der Waals surface area contributed by atoms with Crippen LogP contribution >= 0.6 is 0 Å². The van der Waals surface area contributed by atoms with Gasteiger partial charge in [0.15, 0.2) is 0 Å². The quantitative estimate of drug-likeness (QED) is 0.748.